The lowest BCUT2D eigenvalue weighted by atomic mass is 10.0. The average molecular weight is 537 g/mol. The summed E-state index contributed by atoms with van der Waals surface area (Å²) in [5.41, 5.74) is 0. The summed E-state index contributed by atoms with van der Waals surface area (Å²) >= 11 is 0. The first kappa shape index (κ1) is 44.5. The largest absolute Gasteiger partial charge is 0.106 e. The van der Waals surface area contributed by atoms with Gasteiger partial charge in [0, 0.05) is 0 Å². The summed E-state index contributed by atoms with van der Waals surface area (Å²) in [5.74, 6) is 0. The molecule has 0 spiro atoms. The maximum absolute atomic E-state index is 3.00. The van der Waals surface area contributed by atoms with Gasteiger partial charge in [0.2, 0.25) is 0 Å². The van der Waals surface area contributed by atoms with Gasteiger partial charge in [0.1, 0.15) is 0 Å². The maximum Gasteiger partial charge on any atom is -0.0533 e. The molecule has 0 unspecified atom stereocenters. The summed E-state index contributed by atoms with van der Waals surface area (Å²) in [6.07, 6.45) is 43.8. The highest BCUT2D eigenvalue weighted by Gasteiger charge is 1.94. The Hall–Kier alpha value is -0.520. The molecule has 0 saturated carbocycles. The number of hydrogen-bond donors (Lipinski definition) is 0. The highest BCUT2D eigenvalue weighted by Crippen LogP contribution is 2.14. The van der Waals surface area contributed by atoms with Crippen LogP contribution in [0.5, 0.6) is 0 Å². The number of unbranched alkanes of at least 4 members (excludes halogenated alkanes) is 28. The van der Waals surface area contributed by atoms with Gasteiger partial charge in [-0.15, -0.1) is 26.3 Å². The molecule has 0 saturated heterocycles. The third kappa shape index (κ3) is 55.9. The van der Waals surface area contributed by atoms with E-state index in [4.69, 9.17) is 0 Å². The van der Waals surface area contributed by atoms with Crippen molar-refractivity contribution >= 4 is 0 Å². The fourth-order valence-electron chi connectivity index (χ4n) is 4.89. The molecule has 232 valence electrons. The minimum absolute atomic E-state index is 1.37. The smallest absolute Gasteiger partial charge is 0.0533 e. The van der Waals surface area contributed by atoms with Gasteiger partial charge in [-0.2, -0.15) is 0 Å². The van der Waals surface area contributed by atoms with Crippen molar-refractivity contribution in [2.24, 2.45) is 0 Å². The maximum atomic E-state index is 3.00. The molecule has 0 aliphatic rings. The van der Waals surface area contributed by atoms with E-state index in [0.29, 0.717) is 0 Å². The highest BCUT2D eigenvalue weighted by molar-refractivity contribution is 4.50. The summed E-state index contributed by atoms with van der Waals surface area (Å²) < 4.78 is 0. The lowest BCUT2D eigenvalue weighted by molar-refractivity contribution is 0.529. The molecule has 0 N–H and O–H groups in total. The van der Waals surface area contributed by atoms with Crippen LogP contribution >= 0.6 is 0 Å². The molecule has 0 amide bonds. The summed E-state index contributed by atoms with van der Waals surface area (Å²) in [6.45, 7) is 21.2. The summed E-state index contributed by atoms with van der Waals surface area (Å²) in [6, 6.07) is 0. The van der Waals surface area contributed by atoms with Crippen LogP contribution in [-0.2, 0) is 0 Å². The van der Waals surface area contributed by atoms with Crippen LogP contribution in [0.25, 0.3) is 0 Å². The Morgan fingerprint density at radius 2 is 0.263 bits per heavy atom. The Morgan fingerprint density at radius 3 is 0.342 bits per heavy atom. The van der Waals surface area contributed by atoms with Crippen LogP contribution in [0.4, 0.5) is 0 Å². The molecule has 0 fully saturated rings. The van der Waals surface area contributed by atoms with E-state index in [0.717, 1.165) is 0 Å². The van der Waals surface area contributed by atoms with Crippen LogP contribution in [0.15, 0.2) is 26.3 Å². The number of rotatable bonds is 28. The van der Waals surface area contributed by atoms with Crippen LogP contribution < -0.4 is 0 Å². The molecule has 0 aromatic carbocycles. The Balaban J connectivity index is -0.000000274. The van der Waals surface area contributed by atoms with Crippen LogP contribution in [0, 0.1) is 0 Å². The van der Waals surface area contributed by atoms with Gasteiger partial charge >= 0.3 is 0 Å². The van der Waals surface area contributed by atoms with E-state index < -0.39 is 0 Å². The quantitative estimate of drug-likeness (QED) is 0.0688. The molecule has 0 aliphatic carbocycles. The monoisotopic (exact) mass is 537 g/mol. The Morgan fingerprint density at radius 1 is 0.184 bits per heavy atom. The van der Waals surface area contributed by atoms with Crippen molar-refractivity contribution in [1.29, 1.82) is 0 Å². The van der Waals surface area contributed by atoms with Gasteiger partial charge in [-0.3, -0.25) is 0 Å². The van der Waals surface area contributed by atoms with Crippen LogP contribution in [-0.4, -0.2) is 0 Å². The van der Waals surface area contributed by atoms with Crippen molar-refractivity contribution in [1.82, 2.24) is 0 Å². The molecule has 0 aliphatic heterocycles. The molecule has 0 nitrogen and oxygen atoms in total. The van der Waals surface area contributed by atoms with Crippen molar-refractivity contribution in [2.45, 2.75) is 220 Å². The Bertz CT molecular complexity index is 290. The van der Waals surface area contributed by atoms with Crippen molar-refractivity contribution in [3.63, 3.8) is 0 Å². The fourth-order valence-corrected chi connectivity index (χ4v) is 4.89. The van der Waals surface area contributed by atoms with Gasteiger partial charge in [0.25, 0.3) is 0 Å². The van der Waals surface area contributed by atoms with E-state index in [-0.39, 0.29) is 0 Å². The Kier molecular flexibility index (Phi) is 61.9. The molecule has 0 atom stereocenters. The molecule has 0 aromatic rings. The highest BCUT2D eigenvalue weighted by atomic mass is 14.0. The zero-order chi connectivity index (χ0) is 29.2. The average Bonchev–Trinajstić information content (AvgIpc) is 2.96. The van der Waals surface area contributed by atoms with Crippen molar-refractivity contribution in [3.8, 4) is 0 Å². The van der Waals surface area contributed by atoms with Gasteiger partial charge in [0.05, 0.1) is 0 Å². The van der Waals surface area contributed by atoms with E-state index in [2.05, 4.69) is 54.0 Å². The standard InChI is InChI=1S/C19H40.C15H32.2C2H4/c1-3-5-7-9-11-13-15-17-19-18-16-14-12-10-8-6-4-2;1-3-5-7-9-11-13-15-14-12-10-8-6-4-2;2*1-2/h3-19H2,1-2H3;3-15H2,1-2H3;2*1-2H2. The summed E-state index contributed by atoms with van der Waals surface area (Å²) in [5, 5.41) is 0. The topological polar surface area (TPSA) is 0 Å². The van der Waals surface area contributed by atoms with Crippen molar-refractivity contribution < 1.29 is 0 Å². The van der Waals surface area contributed by atoms with Gasteiger partial charge in [-0.05, 0) is 0 Å². The fraction of sp³-hybridized carbons (Fsp3) is 0.895. The predicted molar refractivity (Wildman–Crippen MR) is 184 cm³/mol. The lowest BCUT2D eigenvalue weighted by Gasteiger charge is -2.03. The molecule has 0 rings (SSSR count). The first-order valence-electron chi connectivity index (χ1n) is 17.8. The Labute approximate surface area is 246 Å². The van der Waals surface area contributed by atoms with Gasteiger partial charge in [0.15, 0.2) is 0 Å². The SMILES string of the molecule is C=C.C=C.CCCCCCCCCCCCCCC.CCCCCCCCCCCCCCCCCCC. The second-order valence-electron chi connectivity index (χ2n) is 11.2. The van der Waals surface area contributed by atoms with Crippen LogP contribution in [0.2, 0.25) is 0 Å². The molecular formula is C38H80. The third-order valence-corrected chi connectivity index (χ3v) is 7.41. The van der Waals surface area contributed by atoms with Gasteiger partial charge < -0.3 is 0 Å². The molecule has 0 radical (unpaired) electrons. The minimum Gasteiger partial charge on any atom is -0.106 e. The van der Waals surface area contributed by atoms with E-state index >= 15 is 0 Å². The first-order valence-corrected chi connectivity index (χ1v) is 17.8. The van der Waals surface area contributed by atoms with Crippen LogP contribution in [0.1, 0.15) is 220 Å². The predicted octanol–water partition coefficient (Wildman–Crippen LogP) is 15.4. The molecule has 0 heterocycles. The number of hydrogen-bond acceptors (Lipinski definition) is 0. The van der Waals surface area contributed by atoms with Crippen molar-refractivity contribution in [3.05, 3.63) is 26.3 Å². The first-order chi connectivity index (χ1) is 18.8. The zero-order valence-corrected chi connectivity index (χ0v) is 28.0. The van der Waals surface area contributed by atoms with E-state index in [1.165, 1.54) is 193 Å². The molecule has 0 aromatic heterocycles. The molecule has 38 heavy (non-hydrogen) atoms. The minimum atomic E-state index is 1.37. The molecular weight excluding hydrogens is 456 g/mol. The molecule has 0 bridgehead atoms. The normalized spacial score (nSPS) is 10.0. The van der Waals surface area contributed by atoms with E-state index in [1.54, 1.807) is 0 Å². The lowest BCUT2D eigenvalue weighted by Crippen LogP contribution is -1.83. The third-order valence-electron chi connectivity index (χ3n) is 7.41. The summed E-state index contributed by atoms with van der Waals surface area (Å²) in [7, 11) is 0. The van der Waals surface area contributed by atoms with E-state index in [1.807, 2.05) is 0 Å². The second-order valence-corrected chi connectivity index (χ2v) is 11.2. The van der Waals surface area contributed by atoms with Crippen molar-refractivity contribution in [2.75, 3.05) is 0 Å². The van der Waals surface area contributed by atoms with E-state index in [9.17, 15) is 0 Å². The van der Waals surface area contributed by atoms with Gasteiger partial charge in [-0.1, -0.05) is 220 Å². The molecule has 0 heteroatoms. The second kappa shape index (κ2) is 52.8. The zero-order valence-electron chi connectivity index (χ0n) is 28.0. The van der Waals surface area contributed by atoms with Crippen LogP contribution in [0.3, 0.4) is 0 Å². The summed E-state index contributed by atoms with van der Waals surface area (Å²) in [4.78, 5) is 0. The van der Waals surface area contributed by atoms with Gasteiger partial charge in [-0.25, -0.2) is 0 Å².